The molecule has 0 radical (unpaired) electrons. The highest BCUT2D eigenvalue weighted by atomic mass is 16.2. The summed E-state index contributed by atoms with van der Waals surface area (Å²) >= 11 is 0. The summed E-state index contributed by atoms with van der Waals surface area (Å²) in [5, 5.41) is 15.4. The van der Waals surface area contributed by atoms with Crippen LogP contribution in [0.25, 0.3) is 11.0 Å². The SMILES string of the molecule is CN1C(=N)N[C@](CCC2CCCCC2)(C[C@H]2CCC[C@@H](Nc3nc4ccccc4n3C)C2)C1=O. The first-order chi connectivity index (χ1) is 16.4. The van der Waals surface area contributed by atoms with Crippen molar-refractivity contribution in [3.05, 3.63) is 24.3 Å². The molecule has 7 nitrogen and oxygen atoms in total. The minimum atomic E-state index is -0.603. The monoisotopic (exact) mass is 464 g/mol. The molecule has 2 heterocycles. The average Bonchev–Trinajstić information content (AvgIpc) is 3.27. The number of anilines is 1. The van der Waals surface area contributed by atoms with Gasteiger partial charge in [0, 0.05) is 20.1 Å². The Hall–Kier alpha value is -2.57. The highest BCUT2D eigenvalue weighted by molar-refractivity contribution is 6.07. The van der Waals surface area contributed by atoms with Crippen molar-refractivity contribution in [2.45, 2.75) is 88.6 Å². The zero-order chi connectivity index (χ0) is 23.7. The summed E-state index contributed by atoms with van der Waals surface area (Å²) in [6.07, 6.45) is 13.9. The minimum Gasteiger partial charge on any atom is -0.353 e. The second-order valence-corrected chi connectivity index (χ2v) is 11.0. The predicted molar refractivity (Wildman–Crippen MR) is 137 cm³/mol. The normalized spacial score (nSPS) is 28.5. The van der Waals surface area contributed by atoms with Crippen LogP contribution in [0.1, 0.15) is 77.0 Å². The Morgan fingerprint density at radius 1 is 1.09 bits per heavy atom. The minimum absolute atomic E-state index is 0.0961. The number of benzene rings is 1. The van der Waals surface area contributed by atoms with Gasteiger partial charge in [-0.05, 0) is 56.1 Å². The fourth-order valence-electron chi connectivity index (χ4n) is 6.68. The van der Waals surface area contributed by atoms with E-state index in [1.807, 2.05) is 6.07 Å². The van der Waals surface area contributed by atoms with Gasteiger partial charge in [0.1, 0.15) is 5.54 Å². The smallest absolute Gasteiger partial charge is 0.254 e. The fourth-order valence-corrected chi connectivity index (χ4v) is 6.68. The number of aromatic nitrogens is 2. The maximum Gasteiger partial charge on any atom is 0.254 e. The van der Waals surface area contributed by atoms with Crippen molar-refractivity contribution >= 4 is 28.8 Å². The van der Waals surface area contributed by atoms with Gasteiger partial charge in [-0.15, -0.1) is 0 Å². The van der Waals surface area contributed by atoms with Gasteiger partial charge in [0.2, 0.25) is 5.95 Å². The summed E-state index contributed by atoms with van der Waals surface area (Å²) < 4.78 is 2.14. The summed E-state index contributed by atoms with van der Waals surface area (Å²) in [6, 6.07) is 8.61. The number of fused-ring (bicyclic) bond motifs is 1. The number of amides is 1. The van der Waals surface area contributed by atoms with Crippen LogP contribution in [0, 0.1) is 17.2 Å². The van der Waals surface area contributed by atoms with Crippen LogP contribution in [0.4, 0.5) is 5.95 Å². The molecule has 2 saturated carbocycles. The Labute approximate surface area is 203 Å². The molecule has 1 aliphatic heterocycles. The van der Waals surface area contributed by atoms with E-state index in [1.165, 1.54) is 37.0 Å². The predicted octanol–water partition coefficient (Wildman–Crippen LogP) is 5.03. The Morgan fingerprint density at radius 3 is 2.59 bits per heavy atom. The number of nitrogens with one attached hydrogen (secondary N) is 3. The number of rotatable bonds is 7. The highest BCUT2D eigenvalue weighted by Crippen LogP contribution is 2.39. The number of para-hydroxylation sites is 2. The molecule has 0 unspecified atom stereocenters. The summed E-state index contributed by atoms with van der Waals surface area (Å²) in [6.45, 7) is 0. The Bertz CT molecular complexity index is 1040. The Balaban J connectivity index is 1.27. The topological polar surface area (TPSA) is 86.0 Å². The van der Waals surface area contributed by atoms with Crippen molar-refractivity contribution in [2.75, 3.05) is 12.4 Å². The molecule has 0 bridgehead atoms. The van der Waals surface area contributed by atoms with Gasteiger partial charge in [0.15, 0.2) is 5.96 Å². The second-order valence-electron chi connectivity index (χ2n) is 11.0. The van der Waals surface area contributed by atoms with E-state index >= 15 is 0 Å². The second kappa shape index (κ2) is 9.59. The van der Waals surface area contributed by atoms with Gasteiger partial charge < -0.3 is 15.2 Å². The largest absolute Gasteiger partial charge is 0.353 e. The maximum absolute atomic E-state index is 13.4. The maximum atomic E-state index is 13.4. The summed E-state index contributed by atoms with van der Waals surface area (Å²) in [5.74, 6) is 2.48. The van der Waals surface area contributed by atoms with Crippen molar-refractivity contribution in [1.82, 2.24) is 19.8 Å². The van der Waals surface area contributed by atoms with Gasteiger partial charge in [0.25, 0.3) is 5.91 Å². The fraction of sp³-hybridized carbons (Fsp3) is 0.667. The van der Waals surface area contributed by atoms with Gasteiger partial charge in [-0.1, -0.05) is 57.1 Å². The molecule has 1 amide bonds. The first-order valence-electron chi connectivity index (χ1n) is 13.3. The number of hydrogen-bond acceptors (Lipinski definition) is 4. The van der Waals surface area contributed by atoms with Crippen LogP contribution < -0.4 is 10.6 Å². The van der Waals surface area contributed by atoms with Crippen molar-refractivity contribution in [3.8, 4) is 0 Å². The van der Waals surface area contributed by atoms with E-state index in [0.717, 1.165) is 67.8 Å². The summed E-state index contributed by atoms with van der Waals surface area (Å²) in [5.41, 5.74) is 1.55. The molecule has 7 heteroatoms. The van der Waals surface area contributed by atoms with Crippen LogP contribution in [0.2, 0.25) is 0 Å². The third-order valence-electron chi connectivity index (χ3n) is 8.65. The lowest BCUT2D eigenvalue weighted by molar-refractivity contribution is -0.131. The molecule has 3 atom stereocenters. The van der Waals surface area contributed by atoms with Gasteiger partial charge in [-0.25, -0.2) is 4.98 Å². The third kappa shape index (κ3) is 4.53. The zero-order valence-corrected chi connectivity index (χ0v) is 20.8. The molecule has 1 aromatic heterocycles. The van der Waals surface area contributed by atoms with Crippen LogP contribution in [0.3, 0.4) is 0 Å². The van der Waals surface area contributed by atoms with Gasteiger partial charge in [-0.2, -0.15) is 0 Å². The van der Waals surface area contributed by atoms with Gasteiger partial charge in [0.05, 0.1) is 11.0 Å². The van der Waals surface area contributed by atoms with E-state index in [9.17, 15) is 4.79 Å². The molecule has 3 N–H and O–H groups in total. The Kier molecular flexibility index (Phi) is 6.54. The third-order valence-corrected chi connectivity index (χ3v) is 8.65. The average molecular weight is 465 g/mol. The zero-order valence-electron chi connectivity index (χ0n) is 20.8. The van der Waals surface area contributed by atoms with E-state index in [4.69, 9.17) is 10.4 Å². The summed E-state index contributed by atoms with van der Waals surface area (Å²) in [7, 11) is 3.82. The number of likely N-dealkylation sites (N-methyl/N-ethyl adjacent to an activating group) is 1. The summed E-state index contributed by atoms with van der Waals surface area (Å²) in [4.78, 5) is 19.7. The molecular weight excluding hydrogens is 424 g/mol. The van der Waals surface area contributed by atoms with E-state index in [0.29, 0.717) is 12.0 Å². The van der Waals surface area contributed by atoms with Crippen LogP contribution in [0.5, 0.6) is 0 Å². The van der Waals surface area contributed by atoms with Gasteiger partial charge >= 0.3 is 0 Å². The lowest BCUT2D eigenvalue weighted by Gasteiger charge is -2.37. The van der Waals surface area contributed by atoms with Crippen LogP contribution in [-0.4, -0.2) is 44.9 Å². The van der Waals surface area contributed by atoms with Crippen molar-refractivity contribution in [1.29, 1.82) is 5.41 Å². The number of imidazole rings is 1. The molecule has 2 aliphatic carbocycles. The lowest BCUT2D eigenvalue weighted by Crippen LogP contribution is -2.49. The van der Waals surface area contributed by atoms with E-state index in [2.05, 4.69) is 40.4 Å². The standard InChI is InChI=1S/C27H40N6O/c1-32-23-14-7-6-13-22(23)30-26(32)29-21-12-8-11-20(17-21)18-27(24(34)33(2)25(28)31-27)16-15-19-9-4-3-5-10-19/h6-7,13-14,19-21H,3-5,8-12,15-18H2,1-2H3,(H2,28,31)(H,29,30)/t20-,21+,27+/m0/s1. The van der Waals surface area contributed by atoms with E-state index in [1.54, 1.807) is 7.05 Å². The Morgan fingerprint density at radius 2 is 1.85 bits per heavy atom. The first-order valence-corrected chi connectivity index (χ1v) is 13.3. The number of guanidine groups is 1. The van der Waals surface area contributed by atoms with Crippen molar-refractivity contribution < 1.29 is 4.79 Å². The molecule has 3 fully saturated rings. The van der Waals surface area contributed by atoms with Crippen molar-refractivity contribution in [2.24, 2.45) is 18.9 Å². The van der Waals surface area contributed by atoms with Crippen molar-refractivity contribution in [3.63, 3.8) is 0 Å². The number of nitrogens with zero attached hydrogens (tertiary/aromatic N) is 3. The lowest BCUT2D eigenvalue weighted by atomic mass is 9.74. The molecular formula is C27H40N6O. The van der Waals surface area contributed by atoms with Crippen LogP contribution in [-0.2, 0) is 11.8 Å². The van der Waals surface area contributed by atoms with Gasteiger partial charge in [-0.3, -0.25) is 15.1 Å². The van der Waals surface area contributed by atoms with E-state index in [-0.39, 0.29) is 11.9 Å². The number of carbonyl (C=O) groups excluding carboxylic acids is 1. The highest BCUT2D eigenvalue weighted by Gasteiger charge is 2.49. The first kappa shape index (κ1) is 23.2. The van der Waals surface area contributed by atoms with E-state index < -0.39 is 5.54 Å². The molecule has 3 aliphatic rings. The molecule has 34 heavy (non-hydrogen) atoms. The molecule has 184 valence electrons. The number of hydrogen-bond donors (Lipinski definition) is 3. The van der Waals surface area contributed by atoms with Crippen LogP contribution >= 0.6 is 0 Å². The molecule has 5 rings (SSSR count). The molecule has 0 spiro atoms. The quantitative estimate of drug-likeness (QED) is 0.536. The van der Waals surface area contributed by atoms with Crippen LogP contribution in [0.15, 0.2) is 24.3 Å². The molecule has 2 aromatic rings. The number of carbonyl (C=O) groups is 1. The molecule has 1 aromatic carbocycles. The molecule has 1 saturated heterocycles. The number of aryl methyl sites for hydroxylation is 1.